The average molecular weight is 261 g/mol. The van der Waals surface area contributed by atoms with E-state index in [2.05, 4.69) is 5.32 Å². The van der Waals surface area contributed by atoms with Gasteiger partial charge in [0, 0.05) is 20.2 Å². The van der Waals surface area contributed by atoms with E-state index in [-0.39, 0.29) is 24.0 Å². The fraction of sp³-hybridized carbons (Fsp3) is 0.364. The molecular weight excluding hydrogens is 247 g/mol. The Hall–Kier alpha value is -1.17. The number of halogens is 2. The predicted molar refractivity (Wildman–Crippen MR) is 63.1 cm³/mol. The second-order valence-electron chi connectivity index (χ2n) is 3.43. The molecule has 0 aliphatic carbocycles. The molecule has 0 aliphatic rings. The number of carbonyl (C=O) groups excluding carboxylic acids is 1. The molecule has 0 saturated carbocycles. The van der Waals surface area contributed by atoms with Crippen LogP contribution in [-0.2, 0) is 16.1 Å². The van der Waals surface area contributed by atoms with E-state index in [0.29, 0.717) is 5.56 Å². The molecule has 0 saturated heterocycles. The topological polar surface area (TPSA) is 64.3 Å². The highest BCUT2D eigenvalue weighted by Gasteiger charge is 2.14. The number of ether oxygens (including phenoxy) is 1. The molecule has 17 heavy (non-hydrogen) atoms. The highest BCUT2D eigenvalue weighted by Crippen LogP contribution is 2.15. The summed E-state index contributed by atoms with van der Waals surface area (Å²) in [6.07, 6.45) is -0.675. The van der Waals surface area contributed by atoms with Crippen LogP contribution in [0.15, 0.2) is 18.2 Å². The number of rotatable bonds is 5. The molecule has 4 nitrogen and oxygen atoms in total. The first-order chi connectivity index (χ1) is 8.08. The quantitative estimate of drug-likeness (QED) is 0.832. The summed E-state index contributed by atoms with van der Waals surface area (Å²) in [5.74, 6) is -0.797. The molecule has 1 aromatic rings. The van der Waals surface area contributed by atoms with Gasteiger partial charge in [0.15, 0.2) is 0 Å². The van der Waals surface area contributed by atoms with Crippen LogP contribution in [0, 0.1) is 5.82 Å². The fourth-order valence-electron chi connectivity index (χ4n) is 1.26. The third-order valence-corrected chi connectivity index (χ3v) is 2.53. The van der Waals surface area contributed by atoms with E-state index in [9.17, 15) is 9.18 Å². The molecule has 1 rings (SSSR count). The number of hydrogen-bond donors (Lipinski definition) is 2. The summed E-state index contributed by atoms with van der Waals surface area (Å²) in [7, 11) is 1.41. The van der Waals surface area contributed by atoms with Gasteiger partial charge in [-0.3, -0.25) is 4.79 Å². The molecule has 1 aromatic carbocycles. The van der Waals surface area contributed by atoms with Gasteiger partial charge in [-0.25, -0.2) is 4.39 Å². The van der Waals surface area contributed by atoms with E-state index in [1.807, 2.05) is 0 Å². The lowest BCUT2D eigenvalue weighted by atomic mass is 10.2. The normalized spacial score (nSPS) is 12.2. The van der Waals surface area contributed by atoms with Gasteiger partial charge < -0.3 is 15.8 Å². The SMILES string of the molecule is COC(CN)C(=O)NCc1ccc(F)c(Cl)c1. The van der Waals surface area contributed by atoms with Crippen molar-refractivity contribution in [1.29, 1.82) is 0 Å². The monoisotopic (exact) mass is 260 g/mol. The molecule has 0 aromatic heterocycles. The largest absolute Gasteiger partial charge is 0.370 e. The molecular formula is C11H14ClFN2O2. The van der Waals surface area contributed by atoms with Crippen molar-refractivity contribution >= 4 is 17.5 Å². The van der Waals surface area contributed by atoms with Crippen LogP contribution in [0.5, 0.6) is 0 Å². The van der Waals surface area contributed by atoms with Crippen molar-refractivity contribution in [3.05, 3.63) is 34.6 Å². The summed E-state index contributed by atoms with van der Waals surface area (Å²) in [5.41, 5.74) is 6.05. The Morgan fingerprint density at radius 1 is 1.65 bits per heavy atom. The minimum absolute atomic E-state index is 0.0267. The van der Waals surface area contributed by atoms with Gasteiger partial charge in [-0.15, -0.1) is 0 Å². The first-order valence-electron chi connectivity index (χ1n) is 5.03. The van der Waals surface area contributed by atoms with Crippen LogP contribution in [0.2, 0.25) is 5.02 Å². The van der Waals surface area contributed by atoms with E-state index >= 15 is 0 Å². The minimum Gasteiger partial charge on any atom is -0.370 e. The van der Waals surface area contributed by atoms with E-state index in [4.69, 9.17) is 22.1 Å². The predicted octanol–water partition coefficient (Wildman–Crippen LogP) is 1.07. The van der Waals surface area contributed by atoms with Crippen LogP contribution in [0.25, 0.3) is 0 Å². The zero-order valence-electron chi connectivity index (χ0n) is 9.37. The molecule has 0 fully saturated rings. The van der Waals surface area contributed by atoms with E-state index < -0.39 is 11.9 Å². The lowest BCUT2D eigenvalue weighted by molar-refractivity contribution is -0.130. The van der Waals surface area contributed by atoms with Crippen LogP contribution in [-0.4, -0.2) is 25.7 Å². The molecule has 0 radical (unpaired) electrons. The van der Waals surface area contributed by atoms with Gasteiger partial charge >= 0.3 is 0 Å². The molecule has 1 unspecified atom stereocenters. The molecule has 0 heterocycles. The summed E-state index contributed by atoms with van der Waals surface area (Å²) >= 11 is 5.61. The van der Waals surface area contributed by atoms with Crippen LogP contribution in [0.3, 0.4) is 0 Å². The molecule has 0 spiro atoms. The maximum Gasteiger partial charge on any atom is 0.250 e. The van der Waals surface area contributed by atoms with Crippen molar-refractivity contribution < 1.29 is 13.9 Å². The van der Waals surface area contributed by atoms with Crippen molar-refractivity contribution in [2.24, 2.45) is 5.73 Å². The number of amides is 1. The highest BCUT2D eigenvalue weighted by atomic mass is 35.5. The summed E-state index contributed by atoms with van der Waals surface area (Å²) in [6, 6.07) is 4.26. The van der Waals surface area contributed by atoms with Crippen molar-refractivity contribution in [2.75, 3.05) is 13.7 Å². The van der Waals surface area contributed by atoms with Crippen LogP contribution < -0.4 is 11.1 Å². The number of nitrogens with one attached hydrogen (secondary N) is 1. The number of methoxy groups -OCH3 is 1. The first kappa shape index (κ1) is 13.9. The Balaban J connectivity index is 2.55. The molecule has 0 aliphatic heterocycles. The number of benzene rings is 1. The minimum atomic E-state index is -0.675. The lowest BCUT2D eigenvalue weighted by Gasteiger charge is -2.13. The van der Waals surface area contributed by atoms with Crippen LogP contribution in [0.4, 0.5) is 4.39 Å². The summed E-state index contributed by atoms with van der Waals surface area (Å²) in [6.45, 7) is 0.352. The number of carbonyl (C=O) groups is 1. The maximum atomic E-state index is 12.9. The lowest BCUT2D eigenvalue weighted by Crippen LogP contribution is -2.40. The molecule has 0 bridgehead atoms. The van der Waals surface area contributed by atoms with Gasteiger partial charge in [0.1, 0.15) is 11.9 Å². The van der Waals surface area contributed by atoms with Gasteiger partial charge in [0.05, 0.1) is 5.02 Å². The first-order valence-corrected chi connectivity index (χ1v) is 5.40. The van der Waals surface area contributed by atoms with Crippen molar-refractivity contribution in [3.63, 3.8) is 0 Å². The zero-order chi connectivity index (χ0) is 12.8. The molecule has 1 amide bonds. The van der Waals surface area contributed by atoms with Crippen LogP contribution in [0.1, 0.15) is 5.56 Å². The summed E-state index contributed by atoms with van der Waals surface area (Å²) < 4.78 is 17.7. The Bertz CT molecular complexity index is 397. The van der Waals surface area contributed by atoms with Gasteiger partial charge in [-0.05, 0) is 17.7 Å². The van der Waals surface area contributed by atoms with Gasteiger partial charge in [0.2, 0.25) is 0 Å². The third-order valence-electron chi connectivity index (χ3n) is 2.24. The summed E-state index contributed by atoms with van der Waals surface area (Å²) in [5, 5.41) is 2.65. The van der Waals surface area contributed by atoms with E-state index in [1.54, 1.807) is 6.07 Å². The highest BCUT2D eigenvalue weighted by molar-refractivity contribution is 6.30. The van der Waals surface area contributed by atoms with E-state index in [0.717, 1.165) is 0 Å². The second kappa shape index (κ2) is 6.54. The van der Waals surface area contributed by atoms with Gasteiger partial charge in [-0.2, -0.15) is 0 Å². The van der Waals surface area contributed by atoms with Gasteiger partial charge in [0.25, 0.3) is 5.91 Å². The molecule has 6 heteroatoms. The average Bonchev–Trinajstić information content (AvgIpc) is 2.32. The Morgan fingerprint density at radius 3 is 2.88 bits per heavy atom. The third kappa shape index (κ3) is 3.96. The summed E-state index contributed by atoms with van der Waals surface area (Å²) in [4.78, 5) is 11.5. The van der Waals surface area contributed by atoms with Crippen LogP contribution >= 0.6 is 11.6 Å². The maximum absolute atomic E-state index is 12.9. The van der Waals surface area contributed by atoms with E-state index in [1.165, 1.54) is 19.2 Å². The second-order valence-corrected chi connectivity index (χ2v) is 3.83. The smallest absolute Gasteiger partial charge is 0.250 e. The fourth-order valence-corrected chi connectivity index (χ4v) is 1.47. The Labute approximate surface area is 104 Å². The standard InChI is InChI=1S/C11H14ClFN2O2/c1-17-10(5-14)11(16)15-6-7-2-3-9(13)8(12)4-7/h2-4,10H,5-6,14H2,1H3,(H,15,16). The zero-order valence-corrected chi connectivity index (χ0v) is 10.1. The van der Waals surface area contributed by atoms with Gasteiger partial charge in [-0.1, -0.05) is 17.7 Å². The number of hydrogen-bond acceptors (Lipinski definition) is 3. The molecule has 1 atom stereocenters. The molecule has 3 N–H and O–H groups in total. The molecule has 94 valence electrons. The Kier molecular flexibility index (Phi) is 5.34. The van der Waals surface area contributed by atoms with Crippen molar-refractivity contribution in [3.8, 4) is 0 Å². The van der Waals surface area contributed by atoms with Crippen molar-refractivity contribution in [2.45, 2.75) is 12.6 Å². The van der Waals surface area contributed by atoms with Crippen molar-refractivity contribution in [1.82, 2.24) is 5.32 Å². The number of nitrogens with two attached hydrogens (primary N) is 1. The Morgan fingerprint density at radius 2 is 2.35 bits per heavy atom.